The Kier molecular flexibility index (Phi) is 7.96. The number of hydrogen-bond donors (Lipinski definition) is 0. The van der Waals surface area contributed by atoms with Crippen LogP contribution >= 0.6 is 61.8 Å². The molecule has 0 bridgehead atoms. The van der Waals surface area contributed by atoms with Crippen molar-refractivity contribution in [1.82, 2.24) is 0 Å². The van der Waals surface area contributed by atoms with Gasteiger partial charge in [-0.05, 0) is 52.3 Å². The Bertz CT molecular complexity index is 935. The fraction of sp³-hybridized carbons (Fsp3) is 0.111. The molecule has 7 heteroatoms. The average molecular weight is 470 g/mol. The van der Waals surface area contributed by atoms with Crippen LogP contribution in [-0.4, -0.2) is 0 Å². The van der Waals surface area contributed by atoms with Gasteiger partial charge in [-0.3, -0.25) is 0 Å². The van der Waals surface area contributed by atoms with Crippen LogP contribution in [-0.2, 0) is 12.8 Å². The molecule has 0 aliphatic rings. The highest BCUT2D eigenvalue weighted by Gasteiger charge is 2.07. The van der Waals surface area contributed by atoms with E-state index in [2.05, 4.69) is 28.1 Å². The molecule has 0 unspecified atom stereocenters. The Hall–Kier alpha value is -1.34. The fourth-order valence-electron chi connectivity index (χ4n) is 1.91. The summed E-state index contributed by atoms with van der Waals surface area (Å²) in [5.74, 6) is 0. The summed E-state index contributed by atoms with van der Waals surface area (Å²) in [5, 5.41) is 18.1. The summed E-state index contributed by atoms with van der Waals surface area (Å²) < 4.78 is 1.09. The van der Waals surface area contributed by atoms with Gasteiger partial charge in [-0.1, -0.05) is 29.3 Å². The van der Waals surface area contributed by atoms with Gasteiger partial charge >= 0.3 is 0 Å². The first-order valence-electron chi connectivity index (χ1n) is 7.05. The molecule has 0 spiro atoms. The minimum absolute atomic E-state index is 0.440. The van der Waals surface area contributed by atoms with Gasteiger partial charge in [-0.15, -0.1) is 22.7 Å². The average Bonchev–Trinajstić information content (AvgIpc) is 3.18. The molecule has 0 aliphatic carbocycles. The first-order valence-corrected chi connectivity index (χ1v) is 10.2. The van der Waals surface area contributed by atoms with Gasteiger partial charge in [0.05, 0.1) is 33.8 Å². The van der Waals surface area contributed by atoms with Crippen molar-refractivity contribution in [3.05, 3.63) is 66.1 Å². The molecule has 0 radical (unpaired) electrons. The van der Waals surface area contributed by atoms with Crippen LogP contribution in [0.4, 0.5) is 0 Å². The van der Waals surface area contributed by atoms with Gasteiger partial charge in [-0.2, -0.15) is 10.5 Å². The zero-order chi connectivity index (χ0) is 18.2. The molecule has 2 aromatic heterocycles. The number of nitrogens with zero attached hydrogens (tertiary/aromatic N) is 2. The zero-order valence-electron chi connectivity index (χ0n) is 12.8. The summed E-state index contributed by atoms with van der Waals surface area (Å²) in [6, 6.07) is 17.5. The number of hydrogen-bond acceptors (Lipinski definition) is 4. The molecular formula is C18H11BrCl2N2S2. The second kappa shape index (κ2) is 9.97. The Morgan fingerprint density at radius 3 is 2.08 bits per heavy atom. The molecule has 126 valence electrons. The van der Waals surface area contributed by atoms with Crippen molar-refractivity contribution < 1.29 is 0 Å². The van der Waals surface area contributed by atoms with Crippen LogP contribution in [0.5, 0.6) is 0 Å². The molecular weight excluding hydrogens is 459 g/mol. The van der Waals surface area contributed by atoms with E-state index in [1.807, 2.05) is 36.4 Å². The normalized spacial score (nSPS) is 9.64. The molecule has 0 N–H and O–H groups in total. The standard InChI is InChI=1S/C12H7Cl2NS.C6H4BrNS/c13-8-1-3-10(11(14)7-8)12-4-2-9(16-12)5-6-15;7-6-2-1-5(9-6)3-4-8/h1-4,7H,5H2;1-2H,3H2. The molecule has 0 amide bonds. The molecule has 2 heterocycles. The van der Waals surface area contributed by atoms with Gasteiger partial charge in [0.2, 0.25) is 0 Å². The van der Waals surface area contributed by atoms with Crippen molar-refractivity contribution in [3.63, 3.8) is 0 Å². The van der Waals surface area contributed by atoms with Crippen LogP contribution in [0.3, 0.4) is 0 Å². The summed E-state index contributed by atoms with van der Waals surface area (Å²) in [4.78, 5) is 3.22. The monoisotopic (exact) mass is 468 g/mol. The lowest BCUT2D eigenvalue weighted by Gasteiger charge is -2.01. The minimum atomic E-state index is 0.440. The second-order valence-corrected chi connectivity index (χ2v) is 9.33. The van der Waals surface area contributed by atoms with Gasteiger partial charge in [-0.25, -0.2) is 0 Å². The van der Waals surface area contributed by atoms with Crippen molar-refractivity contribution in [3.8, 4) is 22.6 Å². The summed E-state index contributed by atoms with van der Waals surface area (Å²) in [5.41, 5.74) is 0.959. The van der Waals surface area contributed by atoms with Gasteiger partial charge in [0.15, 0.2) is 0 Å². The van der Waals surface area contributed by atoms with Crippen LogP contribution in [0.15, 0.2) is 46.3 Å². The molecule has 1 aromatic carbocycles. The second-order valence-electron chi connectivity index (χ2n) is 4.77. The predicted octanol–water partition coefficient (Wildman–Crippen LogP) is 7.36. The third-order valence-corrected chi connectivity index (χ3v) is 6.28. The van der Waals surface area contributed by atoms with E-state index in [4.69, 9.17) is 33.7 Å². The van der Waals surface area contributed by atoms with Crippen LogP contribution in [0.1, 0.15) is 9.75 Å². The van der Waals surface area contributed by atoms with Crippen molar-refractivity contribution in [2.45, 2.75) is 12.8 Å². The Morgan fingerprint density at radius 2 is 1.52 bits per heavy atom. The maximum absolute atomic E-state index is 8.60. The van der Waals surface area contributed by atoms with E-state index in [1.54, 1.807) is 28.7 Å². The van der Waals surface area contributed by atoms with Crippen LogP contribution in [0, 0.1) is 22.7 Å². The van der Waals surface area contributed by atoms with E-state index < -0.39 is 0 Å². The molecule has 0 aliphatic heterocycles. The summed E-state index contributed by atoms with van der Waals surface area (Å²) >= 11 is 18.4. The van der Waals surface area contributed by atoms with E-state index in [1.165, 1.54) is 0 Å². The Balaban J connectivity index is 0.000000212. The van der Waals surface area contributed by atoms with E-state index in [0.29, 0.717) is 22.9 Å². The van der Waals surface area contributed by atoms with E-state index in [0.717, 1.165) is 24.0 Å². The molecule has 3 rings (SSSR count). The molecule has 0 saturated heterocycles. The number of benzene rings is 1. The summed E-state index contributed by atoms with van der Waals surface area (Å²) in [6.45, 7) is 0. The van der Waals surface area contributed by atoms with E-state index in [9.17, 15) is 0 Å². The lowest BCUT2D eigenvalue weighted by molar-refractivity contribution is 1.32. The molecule has 0 atom stereocenters. The maximum atomic E-state index is 8.60. The zero-order valence-corrected chi connectivity index (χ0v) is 17.5. The van der Waals surface area contributed by atoms with Crippen LogP contribution < -0.4 is 0 Å². The highest BCUT2D eigenvalue weighted by molar-refractivity contribution is 9.11. The molecule has 2 nitrogen and oxygen atoms in total. The highest BCUT2D eigenvalue weighted by atomic mass is 79.9. The lowest BCUT2D eigenvalue weighted by Crippen LogP contribution is -1.74. The predicted molar refractivity (Wildman–Crippen MR) is 110 cm³/mol. The number of halogens is 3. The molecule has 0 fully saturated rings. The smallest absolute Gasteiger partial charge is 0.0701 e. The van der Waals surface area contributed by atoms with E-state index >= 15 is 0 Å². The van der Waals surface area contributed by atoms with Crippen molar-refractivity contribution in [1.29, 1.82) is 10.5 Å². The first-order chi connectivity index (χ1) is 12.0. The number of thiophene rings is 2. The summed E-state index contributed by atoms with van der Waals surface area (Å²) in [6.07, 6.45) is 0.964. The van der Waals surface area contributed by atoms with Crippen molar-refractivity contribution in [2.24, 2.45) is 0 Å². The highest BCUT2D eigenvalue weighted by Crippen LogP contribution is 2.34. The van der Waals surface area contributed by atoms with Gasteiger partial charge < -0.3 is 0 Å². The third-order valence-electron chi connectivity index (χ3n) is 2.99. The Morgan fingerprint density at radius 1 is 0.880 bits per heavy atom. The number of nitriles is 2. The largest absolute Gasteiger partial charge is 0.198 e. The molecule has 25 heavy (non-hydrogen) atoms. The van der Waals surface area contributed by atoms with E-state index in [-0.39, 0.29) is 0 Å². The molecule has 3 aromatic rings. The lowest BCUT2D eigenvalue weighted by atomic mass is 10.2. The Labute approximate surface area is 173 Å². The van der Waals surface area contributed by atoms with Crippen molar-refractivity contribution in [2.75, 3.05) is 0 Å². The number of rotatable bonds is 3. The molecule has 0 saturated carbocycles. The van der Waals surface area contributed by atoms with Crippen LogP contribution in [0.2, 0.25) is 10.0 Å². The SMILES string of the molecule is N#CCc1ccc(-c2ccc(Cl)cc2Cl)s1.N#CCc1ccc(Br)s1. The van der Waals surface area contributed by atoms with Gasteiger partial charge in [0, 0.05) is 25.2 Å². The quantitative estimate of drug-likeness (QED) is 0.402. The maximum Gasteiger partial charge on any atom is 0.0701 e. The van der Waals surface area contributed by atoms with Crippen molar-refractivity contribution >= 4 is 61.8 Å². The van der Waals surface area contributed by atoms with Gasteiger partial charge in [0.1, 0.15) is 0 Å². The van der Waals surface area contributed by atoms with Gasteiger partial charge in [0.25, 0.3) is 0 Å². The third kappa shape index (κ3) is 6.15. The summed E-state index contributed by atoms with van der Waals surface area (Å²) in [7, 11) is 0. The topological polar surface area (TPSA) is 47.6 Å². The first kappa shape index (κ1) is 20.0. The van der Waals surface area contributed by atoms with Crippen LogP contribution in [0.25, 0.3) is 10.4 Å². The fourth-order valence-corrected chi connectivity index (χ4v) is 4.87. The minimum Gasteiger partial charge on any atom is -0.198 e.